The number of ketones is 1. The summed E-state index contributed by atoms with van der Waals surface area (Å²) in [5, 5.41) is 0. The summed E-state index contributed by atoms with van der Waals surface area (Å²) in [7, 11) is 0. The Bertz CT molecular complexity index is 328. The van der Waals surface area contributed by atoms with Crippen LogP contribution in [0.4, 0.5) is 0 Å². The zero-order chi connectivity index (χ0) is 11.1. The van der Waals surface area contributed by atoms with Gasteiger partial charge in [0.1, 0.15) is 12.0 Å². The summed E-state index contributed by atoms with van der Waals surface area (Å²) in [6, 6.07) is 6.96. The highest BCUT2D eigenvalue weighted by Crippen LogP contribution is 2.13. The number of rotatable bonds is 6. The van der Waals surface area contributed by atoms with Crippen molar-refractivity contribution in [2.24, 2.45) is 0 Å². The molecule has 0 N–H and O–H groups in total. The lowest BCUT2D eigenvalue weighted by atomic mass is 10.1. The second-order valence-electron chi connectivity index (χ2n) is 3.10. The molecule has 0 aliphatic carbocycles. The van der Waals surface area contributed by atoms with Gasteiger partial charge in [0.2, 0.25) is 0 Å². The number of ether oxygens (including phenoxy) is 1. The van der Waals surface area contributed by atoms with Gasteiger partial charge in [0.15, 0.2) is 5.78 Å². The van der Waals surface area contributed by atoms with Crippen LogP contribution in [0, 0.1) is 0 Å². The summed E-state index contributed by atoms with van der Waals surface area (Å²) < 4.78 is 5.27. The Morgan fingerprint density at radius 3 is 2.44 bits per heavy atom. The molecule has 1 aromatic rings. The first-order valence-corrected chi connectivity index (χ1v) is 4.97. The molecule has 3 heteroatoms. The molecule has 0 saturated carbocycles. The normalized spacial score (nSPS) is 9.06. The molecule has 0 aliphatic heterocycles. The van der Waals surface area contributed by atoms with E-state index in [0.29, 0.717) is 30.8 Å². The fourth-order valence-corrected chi connectivity index (χ4v) is 1.17. The van der Waals surface area contributed by atoms with Crippen LogP contribution in [0.2, 0.25) is 0 Å². The first-order chi connectivity index (χ1) is 7.27. The highest BCUT2D eigenvalue weighted by molar-refractivity contribution is 5.95. The molecular formula is C13H18O3. The maximum atomic E-state index is 11.3. The Morgan fingerprint density at radius 1 is 1.31 bits per heavy atom. The van der Waals surface area contributed by atoms with Crippen LogP contribution in [0.25, 0.3) is 0 Å². The lowest BCUT2D eigenvalue weighted by Crippen LogP contribution is -1.99. The van der Waals surface area contributed by atoms with Crippen LogP contribution in [-0.2, 0) is 4.79 Å². The van der Waals surface area contributed by atoms with Gasteiger partial charge in [-0.3, -0.25) is 4.79 Å². The predicted octanol–water partition coefficient (Wildman–Crippen LogP) is 2.88. The third-order valence-electron chi connectivity index (χ3n) is 2.00. The number of carbonyl (C=O) groups excluding carboxylic acids is 2. The molecule has 0 atom stereocenters. The molecule has 0 amide bonds. The maximum absolute atomic E-state index is 11.3. The molecule has 1 aromatic carbocycles. The first kappa shape index (κ1) is 14.4. The number of benzene rings is 1. The molecule has 88 valence electrons. The van der Waals surface area contributed by atoms with E-state index in [1.165, 1.54) is 0 Å². The van der Waals surface area contributed by atoms with Gasteiger partial charge in [-0.15, -0.1) is 0 Å². The summed E-state index contributed by atoms with van der Waals surface area (Å²) in [4.78, 5) is 21.4. The molecule has 0 bridgehead atoms. The van der Waals surface area contributed by atoms with E-state index >= 15 is 0 Å². The van der Waals surface area contributed by atoms with Crippen molar-refractivity contribution in [3.8, 4) is 5.75 Å². The standard InChI is InChI=1S/C12H14O3.CH4/c1-2-12(14)10-4-6-11(7-5-10)15-9-3-8-13;/h4-8H,2-3,9H2,1H3;1H4. The number of aldehydes is 1. The Kier molecular flexibility index (Phi) is 6.84. The summed E-state index contributed by atoms with van der Waals surface area (Å²) in [6.45, 7) is 2.21. The van der Waals surface area contributed by atoms with E-state index in [4.69, 9.17) is 4.74 Å². The second kappa shape index (κ2) is 7.63. The minimum Gasteiger partial charge on any atom is -0.493 e. The van der Waals surface area contributed by atoms with E-state index in [9.17, 15) is 9.59 Å². The van der Waals surface area contributed by atoms with Crippen molar-refractivity contribution in [1.82, 2.24) is 0 Å². The molecular weight excluding hydrogens is 204 g/mol. The number of carbonyl (C=O) groups is 2. The Labute approximate surface area is 96.4 Å². The van der Waals surface area contributed by atoms with Crippen LogP contribution >= 0.6 is 0 Å². The van der Waals surface area contributed by atoms with Crippen LogP contribution in [0.15, 0.2) is 24.3 Å². The molecule has 0 unspecified atom stereocenters. The Hall–Kier alpha value is -1.64. The van der Waals surface area contributed by atoms with Crippen molar-refractivity contribution in [1.29, 1.82) is 0 Å². The van der Waals surface area contributed by atoms with Crippen molar-refractivity contribution in [3.05, 3.63) is 29.8 Å². The van der Waals surface area contributed by atoms with Gasteiger partial charge in [-0.25, -0.2) is 0 Å². The van der Waals surface area contributed by atoms with Crippen molar-refractivity contribution in [3.63, 3.8) is 0 Å². The summed E-state index contributed by atoms with van der Waals surface area (Å²) >= 11 is 0. The zero-order valence-corrected chi connectivity index (χ0v) is 8.73. The van der Waals surface area contributed by atoms with Gasteiger partial charge in [0, 0.05) is 18.4 Å². The monoisotopic (exact) mass is 222 g/mol. The van der Waals surface area contributed by atoms with E-state index in [2.05, 4.69) is 0 Å². The van der Waals surface area contributed by atoms with Gasteiger partial charge in [-0.1, -0.05) is 14.4 Å². The van der Waals surface area contributed by atoms with Gasteiger partial charge in [0.25, 0.3) is 0 Å². The van der Waals surface area contributed by atoms with Gasteiger partial charge in [-0.2, -0.15) is 0 Å². The molecule has 0 saturated heterocycles. The molecule has 3 nitrogen and oxygen atoms in total. The van der Waals surface area contributed by atoms with E-state index < -0.39 is 0 Å². The fourth-order valence-electron chi connectivity index (χ4n) is 1.17. The quantitative estimate of drug-likeness (QED) is 0.422. The molecule has 0 radical (unpaired) electrons. The average molecular weight is 222 g/mol. The van der Waals surface area contributed by atoms with Gasteiger partial charge < -0.3 is 9.53 Å². The minimum absolute atomic E-state index is 0. The summed E-state index contributed by atoms with van der Waals surface area (Å²) in [5.41, 5.74) is 0.695. The predicted molar refractivity (Wildman–Crippen MR) is 64.0 cm³/mol. The Balaban J connectivity index is 0.00000225. The molecule has 1 rings (SSSR count). The topological polar surface area (TPSA) is 43.4 Å². The maximum Gasteiger partial charge on any atom is 0.162 e. The molecule has 0 fully saturated rings. The SMILES string of the molecule is C.CCC(=O)c1ccc(OCCC=O)cc1. The van der Waals surface area contributed by atoms with Gasteiger partial charge >= 0.3 is 0 Å². The molecule has 0 aliphatic rings. The van der Waals surface area contributed by atoms with Crippen molar-refractivity contribution < 1.29 is 14.3 Å². The van der Waals surface area contributed by atoms with Crippen molar-refractivity contribution in [2.45, 2.75) is 27.2 Å². The highest BCUT2D eigenvalue weighted by atomic mass is 16.5. The summed E-state index contributed by atoms with van der Waals surface area (Å²) in [6.07, 6.45) is 1.70. The molecule has 0 heterocycles. The first-order valence-electron chi connectivity index (χ1n) is 4.97. The van der Waals surface area contributed by atoms with Crippen LogP contribution < -0.4 is 4.74 Å². The third kappa shape index (κ3) is 4.26. The van der Waals surface area contributed by atoms with E-state index in [1.54, 1.807) is 24.3 Å². The van der Waals surface area contributed by atoms with Gasteiger partial charge in [0.05, 0.1) is 6.61 Å². The van der Waals surface area contributed by atoms with Crippen LogP contribution in [-0.4, -0.2) is 18.7 Å². The minimum atomic E-state index is 0. The van der Waals surface area contributed by atoms with Crippen LogP contribution in [0.3, 0.4) is 0 Å². The van der Waals surface area contributed by atoms with Gasteiger partial charge in [-0.05, 0) is 24.3 Å². The van der Waals surface area contributed by atoms with Crippen LogP contribution in [0.5, 0.6) is 5.75 Å². The van der Waals surface area contributed by atoms with Crippen LogP contribution in [0.1, 0.15) is 37.6 Å². The zero-order valence-electron chi connectivity index (χ0n) is 8.73. The number of Topliss-reactive ketones (excluding diaryl/α,β-unsaturated/α-hetero) is 1. The van der Waals surface area contributed by atoms with E-state index in [0.717, 1.165) is 6.29 Å². The molecule has 0 spiro atoms. The molecule has 0 aromatic heterocycles. The smallest absolute Gasteiger partial charge is 0.162 e. The third-order valence-corrected chi connectivity index (χ3v) is 2.00. The van der Waals surface area contributed by atoms with E-state index in [1.807, 2.05) is 6.92 Å². The number of hydrogen-bond acceptors (Lipinski definition) is 3. The second-order valence-corrected chi connectivity index (χ2v) is 3.10. The largest absolute Gasteiger partial charge is 0.493 e. The van der Waals surface area contributed by atoms with Crippen molar-refractivity contribution in [2.75, 3.05) is 6.61 Å². The fraction of sp³-hybridized carbons (Fsp3) is 0.385. The molecule has 16 heavy (non-hydrogen) atoms. The van der Waals surface area contributed by atoms with E-state index in [-0.39, 0.29) is 13.2 Å². The Morgan fingerprint density at radius 2 is 1.94 bits per heavy atom. The lowest BCUT2D eigenvalue weighted by Gasteiger charge is -2.04. The lowest BCUT2D eigenvalue weighted by molar-refractivity contribution is -0.108. The van der Waals surface area contributed by atoms with Crippen molar-refractivity contribution >= 4 is 12.1 Å². The summed E-state index contributed by atoms with van der Waals surface area (Å²) in [5.74, 6) is 0.805. The highest BCUT2D eigenvalue weighted by Gasteiger charge is 2.02. The number of hydrogen-bond donors (Lipinski definition) is 0. The average Bonchev–Trinajstić information content (AvgIpc) is 2.29.